The summed E-state index contributed by atoms with van der Waals surface area (Å²) in [6, 6.07) is 11.5. The van der Waals surface area contributed by atoms with Gasteiger partial charge in [0.05, 0.1) is 4.92 Å². The zero-order valence-electron chi connectivity index (χ0n) is 9.84. The first-order valence-corrected chi connectivity index (χ1v) is 6.31. The first kappa shape index (κ1) is 13.4. The van der Waals surface area contributed by atoms with E-state index in [2.05, 4.69) is 21.2 Å². The minimum absolute atomic E-state index is 0.0214. The predicted octanol–water partition coefficient (Wildman–Crippen LogP) is 3.68. The number of nitro groups is 1. The van der Waals surface area contributed by atoms with E-state index in [1.165, 1.54) is 6.07 Å². The summed E-state index contributed by atoms with van der Waals surface area (Å²) >= 11 is 3.21. The third-order valence-electron chi connectivity index (χ3n) is 2.58. The molecule has 0 aromatic heterocycles. The van der Waals surface area contributed by atoms with Crippen LogP contribution in [0.1, 0.15) is 5.56 Å². The van der Waals surface area contributed by atoms with Gasteiger partial charge < -0.3 is 10.4 Å². The molecule has 0 aliphatic heterocycles. The number of halogens is 1. The molecular formula is C13H11BrN2O3. The van der Waals surface area contributed by atoms with Gasteiger partial charge in [0.2, 0.25) is 0 Å². The molecule has 0 aliphatic rings. The highest BCUT2D eigenvalue weighted by Crippen LogP contribution is 2.28. The van der Waals surface area contributed by atoms with Crippen LogP contribution in [0, 0.1) is 10.1 Å². The van der Waals surface area contributed by atoms with Gasteiger partial charge in [-0.3, -0.25) is 10.1 Å². The van der Waals surface area contributed by atoms with Crippen molar-refractivity contribution in [3.05, 3.63) is 62.6 Å². The van der Waals surface area contributed by atoms with Crippen LogP contribution in [0.25, 0.3) is 0 Å². The Labute approximate surface area is 118 Å². The fraction of sp³-hybridized carbons (Fsp3) is 0.0769. The summed E-state index contributed by atoms with van der Waals surface area (Å²) in [5.74, 6) is 0.193. The second-order valence-corrected chi connectivity index (χ2v) is 4.85. The molecule has 98 valence electrons. The summed E-state index contributed by atoms with van der Waals surface area (Å²) in [6.45, 7) is 0.447. The maximum atomic E-state index is 10.9. The Balaban J connectivity index is 2.15. The maximum absolute atomic E-state index is 10.9. The number of nitrogens with one attached hydrogen (secondary N) is 1. The summed E-state index contributed by atoms with van der Waals surface area (Å²) in [6.07, 6.45) is 0. The second-order valence-electron chi connectivity index (χ2n) is 3.94. The molecule has 0 aliphatic carbocycles. The van der Waals surface area contributed by atoms with Gasteiger partial charge in [-0.2, -0.15) is 0 Å². The van der Waals surface area contributed by atoms with E-state index in [1.54, 1.807) is 36.4 Å². The van der Waals surface area contributed by atoms with Crippen molar-refractivity contribution in [2.75, 3.05) is 5.32 Å². The Morgan fingerprint density at radius 1 is 1.21 bits per heavy atom. The molecule has 6 heteroatoms. The Morgan fingerprint density at radius 3 is 2.53 bits per heavy atom. The lowest BCUT2D eigenvalue weighted by atomic mass is 10.2. The fourth-order valence-corrected chi connectivity index (χ4v) is 1.97. The molecule has 0 saturated carbocycles. The van der Waals surface area contributed by atoms with Crippen LogP contribution in [0.3, 0.4) is 0 Å². The molecule has 0 unspecified atom stereocenters. The Kier molecular flexibility index (Phi) is 4.01. The molecule has 5 nitrogen and oxygen atoms in total. The summed E-state index contributed by atoms with van der Waals surface area (Å²) in [4.78, 5) is 10.5. The van der Waals surface area contributed by atoms with Gasteiger partial charge in [-0.25, -0.2) is 0 Å². The predicted molar refractivity (Wildman–Crippen MR) is 76.2 cm³/mol. The van der Waals surface area contributed by atoms with Crippen LogP contribution in [-0.4, -0.2) is 10.0 Å². The number of hydrogen-bond acceptors (Lipinski definition) is 4. The van der Waals surface area contributed by atoms with E-state index in [9.17, 15) is 15.2 Å². The standard InChI is InChI=1S/C13H11BrN2O3/c14-10-3-6-12(13(7-10)16(18)19)15-8-9-1-4-11(17)5-2-9/h1-7,15,17H,8H2. The minimum atomic E-state index is -0.427. The van der Waals surface area contributed by atoms with Gasteiger partial charge in [0, 0.05) is 17.1 Å². The van der Waals surface area contributed by atoms with Gasteiger partial charge in [-0.1, -0.05) is 28.1 Å². The molecule has 0 heterocycles. The average molecular weight is 323 g/mol. The number of benzene rings is 2. The fourth-order valence-electron chi connectivity index (χ4n) is 1.62. The monoisotopic (exact) mass is 322 g/mol. The smallest absolute Gasteiger partial charge is 0.293 e. The molecule has 0 saturated heterocycles. The van der Waals surface area contributed by atoms with Crippen molar-refractivity contribution in [1.82, 2.24) is 0 Å². The molecule has 0 atom stereocenters. The summed E-state index contributed by atoms with van der Waals surface area (Å²) in [5, 5.41) is 23.1. The molecule has 2 N–H and O–H groups in total. The molecule has 0 amide bonds. The van der Waals surface area contributed by atoms with E-state index in [1.807, 2.05) is 0 Å². The highest BCUT2D eigenvalue weighted by atomic mass is 79.9. The van der Waals surface area contributed by atoms with Crippen molar-refractivity contribution in [2.24, 2.45) is 0 Å². The first-order chi connectivity index (χ1) is 9.06. The zero-order valence-corrected chi connectivity index (χ0v) is 11.4. The quantitative estimate of drug-likeness (QED) is 0.665. The third-order valence-corrected chi connectivity index (χ3v) is 3.07. The lowest BCUT2D eigenvalue weighted by Crippen LogP contribution is -2.02. The summed E-state index contributed by atoms with van der Waals surface area (Å²) in [7, 11) is 0. The molecule has 0 bridgehead atoms. The van der Waals surface area contributed by atoms with E-state index in [0.29, 0.717) is 16.7 Å². The van der Waals surface area contributed by atoms with E-state index < -0.39 is 4.92 Å². The number of phenols is 1. The third kappa shape index (κ3) is 3.45. The van der Waals surface area contributed by atoms with Crippen molar-refractivity contribution in [3.63, 3.8) is 0 Å². The van der Waals surface area contributed by atoms with Crippen molar-refractivity contribution in [3.8, 4) is 5.75 Å². The van der Waals surface area contributed by atoms with Crippen LogP contribution in [0.15, 0.2) is 46.9 Å². The summed E-state index contributed by atoms with van der Waals surface area (Å²) in [5.41, 5.74) is 1.41. The zero-order chi connectivity index (χ0) is 13.8. The lowest BCUT2D eigenvalue weighted by molar-refractivity contribution is -0.384. The lowest BCUT2D eigenvalue weighted by Gasteiger charge is -2.07. The normalized spacial score (nSPS) is 10.2. The molecule has 0 spiro atoms. The molecule has 0 radical (unpaired) electrons. The van der Waals surface area contributed by atoms with Crippen LogP contribution in [-0.2, 0) is 6.54 Å². The highest BCUT2D eigenvalue weighted by molar-refractivity contribution is 9.10. The van der Waals surface area contributed by atoms with E-state index >= 15 is 0 Å². The van der Waals surface area contributed by atoms with E-state index in [-0.39, 0.29) is 11.4 Å². The number of phenolic OH excluding ortho intramolecular Hbond substituents is 1. The van der Waals surface area contributed by atoms with E-state index in [0.717, 1.165) is 5.56 Å². The molecular weight excluding hydrogens is 312 g/mol. The maximum Gasteiger partial charge on any atom is 0.293 e. The van der Waals surface area contributed by atoms with Crippen LogP contribution in [0.5, 0.6) is 5.75 Å². The van der Waals surface area contributed by atoms with Crippen molar-refractivity contribution in [1.29, 1.82) is 0 Å². The van der Waals surface area contributed by atoms with Crippen LogP contribution >= 0.6 is 15.9 Å². The molecule has 19 heavy (non-hydrogen) atoms. The average Bonchev–Trinajstić information content (AvgIpc) is 2.39. The molecule has 2 rings (SSSR count). The van der Waals surface area contributed by atoms with Gasteiger partial charge in [-0.15, -0.1) is 0 Å². The van der Waals surface area contributed by atoms with Gasteiger partial charge in [0.15, 0.2) is 0 Å². The van der Waals surface area contributed by atoms with Gasteiger partial charge in [0.25, 0.3) is 5.69 Å². The number of nitrogens with zero attached hydrogens (tertiary/aromatic N) is 1. The van der Waals surface area contributed by atoms with Gasteiger partial charge in [-0.05, 0) is 29.8 Å². The van der Waals surface area contributed by atoms with Crippen molar-refractivity contribution < 1.29 is 10.0 Å². The minimum Gasteiger partial charge on any atom is -0.508 e. The van der Waals surface area contributed by atoms with E-state index in [4.69, 9.17) is 0 Å². The van der Waals surface area contributed by atoms with Crippen LogP contribution < -0.4 is 5.32 Å². The van der Waals surface area contributed by atoms with Crippen molar-refractivity contribution >= 4 is 27.3 Å². The Bertz CT molecular complexity index is 599. The molecule has 0 fully saturated rings. The molecule has 2 aromatic rings. The number of nitro benzene ring substituents is 1. The van der Waals surface area contributed by atoms with Crippen molar-refractivity contribution in [2.45, 2.75) is 6.54 Å². The van der Waals surface area contributed by atoms with Crippen LogP contribution in [0.4, 0.5) is 11.4 Å². The van der Waals surface area contributed by atoms with Gasteiger partial charge in [0.1, 0.15) is 11.4 Å². The number of rotatable bonds is 4. The Morgan fingerprint density at radius 2 is 1.89 bits per heavy atom. The SMILES string of the molecule is O=[N+]([O-])c1cc(Br)ccc1NCc1ccc(O)cc1. The second kappa shape index (κ2) is 5.71. The number of aromatic hydroxyl groups is 1. The summed E-state index contributed by atoms with van der Waals surface area (Å²) < 4.78 is 0.661. The van der Waals surface area contributed by atoms with Gasteiger partial charge >= 0.3 is 0 Å². The number of hydrogen-bond donors (Lipinski definition) is 2. The topological polar surface area (TPSA) is 75.4 Å². The molecule has 2 aromatic carbocycles. The first-order valence-electron chi connectivity index (χ1n) is 5.52. The Hall–Kier alpha value is -2.08. The van der Waals surface area contributed by atoms with Crippen LogP contribution in [0.2, 0.25) is 0 Å². The highest BCUT2D eigenvalue weighted by Gasteiger charge is 2.13. The number of anilines is 1. The largest absolute Gasteiger partial charge is 0.508 e.